The van der Waals surface area contributed by atoms with Crippen molar-refractivity contribution >= 4 is 11.9 Å². The van der Waals surface area contributed by atoms with E-state index >= 15 is 0 Å². The molecule has 1 aliphatic heterocycles. The van der Waals surface area contributed by atoms with Gasteiger partial charge in [0.05, 0.1) is 12.2 Å². The fraction of sp³-hybridized carbons (Fsp3) is 0.545. The highest BCUT2D eigenvalue weighted by molar-refractivity contribution is 5.88. The summed E-state index contributed by atoms with van der Waals surface area (Å²) >= 11 is 0. The van der Waals surface area contributed by atoms with E-state index in [0.29, 0.717) is 18.9 Å². The fourth-order valence-corrected chi connectivity index (χ4v) is 2.69. The third-order valence-corrected chi connectivity index (χ3v) is 3.68. The van der Waals surface area contributed by atoms with Gasteiger partial charge in [-0.3, -0.25) is 4.68 Å². The van der Waals surface area contributed by atoms with E-state index in [-0.39, 0.29) is 6.54 Å². The van der Waals surface area contributed by atoms with Crippen molar-refractivity contribution < 1.29 is 23.1 Å². The van der Waals surface area contributed by atoms with Gasteiger partial charge in [0, 0.05) is 20.1 Å². The largest absolute Gasteiger partial charge is 0.478 e. The first-order valence-electron chi connectivity index (χ1n) is 6.64. The molecule has 1 unspecified atom stereocenters. The summed E-state index contributed by atoms with van der Waals surface area (Å²) < 4.78 is 41.8. The molecule has 124 valence electrons. The van der Waals surface area contributed by atoms with Gasteiger partial charge in [-0.15, -0.1) is 0 Å². The summed E-state index contributed by atoms with van der Waals surface area (Å²) in [5, 5.41) is 23.6. The number of tetrazole rings is 1. The minimum absolute atomic E-state index is 0.206. The number of halogens is 3. The molecule has 1 saturated heterocycles. The van der Waals surface area contributed by atoms with E-state index in [4.69, 9.17) is 5.11 Å². The Labute approximate surface area is 127 Å². The molecule has 23 heavy (non-hydrogen) atoms. The molecule has 0 aliphatic carbocycles. The molecule has 1 aliphatic rings. The van der Waals surface area contributed by atoms with Crippen LogP contribution < -0.4 is 4.90 Å². The molecule has 0 aromatic carbocycles. The van der Waals surface area contributed by atoms with E-state index in [1.54, 1.807) is 11.9 Å². The van der Waals surface area contributed by atoms with Crippen LogP contribution in [0.1, 0.15) is 28.5 Å². The second-order valence-electron chi connectivity index (χ2n) is 5.15. The van der Waals surface area contributed by atoms with Gasteiger partial charge in [0.2, 0.25) is 5.95 Å². The number of aromatic carboxylic acids is 1. The first kappa shape index (κ1) is 15.2. The van der Waals surface area contributed by atoms with Crippen LogP contribution in [-0.4, -0.2) is 54.2 Å². The zero-order chi connectivity index (χ0) is 16.8. The number of rotatable bonds is 3. The lowest BCUT2D eigenvalue weighted by molar-refractivity contribution is -0.145. The standard InChI is InChI=1S/C11H12F3N7O2/c1-19-10(16-17-18-19)20-3-2-6(5-20)21-8(11(12,13)14)7(4-15-21)9(22)23/h4,6H,2-3,5H2,1H3,(H,22,23). The van der Waals surface area contributed by atoms with Gasteiger partial charge in [-0.25, -0.2) is 9.48 Å². The van der Waals surface area contributed by atoms with Crippen LogP contribution >= 0.6 is 0 Å². The zero-order valence-electron chi connectivity index (χ0n) is 11.9. The van der Waals surface area contributed by atoms with Crippen LogP contribution in [0.4, 0.5) is 19.1 Å². The van der Waals surface area contributed by atoms with Crippen molar-refractivity contribution in [3.8, 4) is 0 Å². The molecular formula is C11H12F3N7O2. The van der Waals surface area contributed by atoms with Crippen LogP contribution in [0.2, 0.25) is 0 Å². The van der Waals surface area contributed by atoms with Crippen molar-refractivity contribution in [1.29, 1.82) is 0 Å². The Morgan fingerprint density at radius 3 is 2.74 bits per heavy atom. The summed E-state index contributed by atoms with van der Waals surface area (Å²) in [6.45, 7) is 0.649. The van der Waals surface area contributed by atoms with Gasteiger partial charge in [0.1, 0.15) is 5.56 Å². The molecule has 0 amide bonds. The number of alkyl halides is 3. The lowest BCUT2D eigenvalue weighted by atomic mass is 10.2. The van der Waals surface area contributed by atoms with Crippen molar-refractivity contribution in [1.82, 2.24) is 30.0 Å². The van der Waals surface area contributed by atoms with E-state index in [1.807, 2.05) is 0 Å². The van der Waals surface area contributed by atoms with Gasteiger partial charge < -0.3 is 10.0 Å². The molecule has 0 bridgehead atoms. The lowest BCUT2D eigenvalue weighted by Crippen LogP contribution is -2.26. The number of hydrogen-bond acceptors (Lipinski definition) is 6. The Morgan fingerprint density at radius 1 is 1.43 bits per heavy atom. The first-order valence-corrected chi connectivity index (χ1v) is 6.64. The van der Waals surface area contributed by atoms with E-state index in [2.05, 4.69) is 20.6 Å². The number of anilines is 1. The Bertz CT molecular complexity index is 738. The molecule has 3 rings (SSSR count). The van der Waals surface area contributed by atoms with Crippen molar-refractivity contribution in [2.75, 3.05) is 18.0 Å². The SMILES string of the molecule is Cn1nnnc1N1CCC(n2ncc(C(=O)O)c2C(F)(F)F)C1. The van der Waals surface area contributed by atoms with Crippen LogP contribution in [0.25, 0.3) is 0 Å². The average molecular weight is 331 g/mol. The number of aryl methyl sites for hydroxylation is 1. The average Bonchev–Trinajstić information content (AvgIpc) is 3.14. The van der Waals surface area contributed by atoms with Gasteiger partial charge in [0.25, 0.3) is 0 Å². The molecule has 0 spiro atoms. The Hall–Kier alpha value is -2.66. The maximum absolute atomic E-state index is 13.2. The monoisotopic (exact) mass is 331 g/mol. The van der Waals surface area contributed by atoms with E-state index in [1.165, 1.54) is 4.68 Å². The number of hydrogen-bond donors (Lipinski definition) is 1. The summed E-state index contributed by atoms with van der Waals surface area (Å²) in [7, 11) is 1.63. The van der Waals surface area contributed by atoms with Gasteiger partial charge in [-0.05, 0) is 16.8 Å². The second-order valence-corrected chi connectivity index (χ2v) is 5.15. The first-order chi connectivity index (χ1) is 10.8. The minimum atomic E-state index is -4.80. The van der Waals surface area contributed by atoms with Crippen LogP contribution in [0.15, 0.2) is 6.20 Å². The number of carbonyl (C=O) groups is 1. The molecule has 2 aromatic rings. The van der Waals surface area contributed by atoms with E-state index < -0.39 is 29.4 Å². The summed E-state index contributed by atoms with van der Waals surface area (Å²) in [6.07, 6.45) is -3.70. The summed E-state index contributed by atoms with van der Waals surface area (Å²) in [5.74, 6) is -1.22. The van der Waals surface area contributed by atoms with Crippen molar-refractivity contribution in [2.45, 2.75) is 18.6 Å². The molecular weight excluding hydrogens is 319 g/mol. The van der Waals surface area contributed by atoms with Crippen LogP contribution in [0.5, 0.6) is 0 Å². The third kappa shape index (κ3) is 2.59. The molecule has 12 heteroatoms. The Kier molecular flexibility index (Phi) is 3.45. The van der Waals surface area contributed by atoms with Gasteiger partial charge in [0.15, 0.2) is 5.69 Å². The summed E-state index contributed by atoms with van der Waals surface area (Å²) in [5.41, 5.74) is -2.09. The highest BCUT2D eigenvalue weighted by Crippen LogP contribution is 2.36. The number of carboxylic acids is 1. The second kappa shape index (κ2) is 5.21. The Balaban J connectivity index is 1.92. The molecule has 1 atom stereocenters. The van der Waals surface area contributed by atoms with Gasteiger partial charge >= 0.3 is 12.1 Å². The van der Waals surface area contributed by atoms with E-state index in [9.17, 15) is 18.0 Å². The molecule has 0 radical (unpaired) electrons. The number of nitrogens with zero attached hydrogens (tertiary/aromatic N) is 7. The summed E-state index contributed by atoms with van der Waals surface area (Å²) in [6, 6.07) is -0.614. The topological polar surface area (TPSA) is 102 Å². The van der Waals surface area contributed by atoms with Crippen molar-refractivity contribution in [3.63, 3.8) is 0 Å². The van der Waals surface area contributed by atoms with Crippen LogP contribution in [0, 0.1) is 0 Å². The van der Waals surface area contributed by atoms with Crippen LogP contribution in [-0.2, 0) is 13.2 Å². The maximum atomic E-state index is 13.2. The van der Waals surface area contributed by atoms with Gasteiger partial charge in [-0.2, -0.15) is 18.3 Å². The molecule has 9 nitrogen and oxygen atoms in total. The third-order valence-electron chi connectivity index (χ3n) is 3.68. The smallest absolute Gasteiger partial charge is 0.433 e. The quantitative estimate of drug-likeness (QED) is 0.877. The highest BCUT2D eigenvalue weighted by atomic mass is 19.4. The Morgan fingerprint density at radius 2 is 2.17 bits per heavy atom. The fourth-order valence-electron chi connectivity index (χ4n) is 2.69. The molecule has 0 saturated carbocycles. The van der Waals surface area contributed by atoms with Crippen molar-refractivity contribution in [3.05, 3.63) is 17.5 Å². The molecule has 1 N–H and O–H groups in total. The summed E-state index contributed by atoms with van der Waals surface area (Å²) in [4.78, 5) is 12.7. The highest BCUT2D eigenvalue weighted by Gasteiger charge is 2.42. The zero-order valence-corrected chi connectivity index (χ0v) is 11.9. The molecule has 3 heterocycles. The minimum Gasteiger partial charge on any atom is -0.478 e. The molecule has 2 aromatic heterocycles. The molecule has 1 fully saturated rings. The normalized spacial score (nSPS) is 18.6. The van der Waals surface area contributed by atoms with Gasteiger partial charge in [-0.1, -0.05) is 5.10 Å². The van der Waals surface area contributed by atoms with Crippen molar-refractivity contribution in [2.24, 2.45) is 7.05 Å². The lowest BCUT2D eigenvalue weighted by Gasteiger charge is -2.18. The number of aromatic nitrogens is 6. The predicted octanol–water partition coefficient (Wildman–Crippen LogP) is 0.575. The van der Waals surface area contributed by atoms with E-state index in [0.717, 1.165) is 10.9 Å². The predicted molar refractivity (Wildman–Crippen MR) is 68.9 cm³/mol. The maximum Gasteiger partial charge on any atom is 0.433 e. The number of carboxylic acid groups (broad SMARTS) is 1. The van der Waals surface area contributed by atoms with Crippen LogP contribution in [0.3, 0.4) is 0 Å².